The highest BCUT2D eigenvalue weighted by molar-refractivity contribution is 5.90. The van der Waals surface area contributed by atoms with E-state index in [-0.39, 0.29) is 0 Å². The molecule has 0 amide bonds. The lowest BCUT2D eigenvalue weighted by molar-refractivity contribution is 0.384. The Labute approximate surface area is 166 Å². The minimum absolute atomic E-state index is 0.354. The van der Waals surface area contributed by atoms with Crippen molar-refractivity contribution in [2.75, 3.05) is 5.32 Å². The molecule has 1 N–H and O–H groups in total. The molecule has 3 aromatic heterocycles. The van der Waals surface area contributed by atoms with Crippen molar-refractivity contribution in [3.8, 4) is 22.8 Å². The lowest BCUT2D eigenvalue weighted by Crippen LogP contribution is -2.04. The third kappa shape index (κ3) is 3.53. The monoisotopic (exact) mass is 380 g/mol. The largest absolute Gasteiger partial charge is 0.360 e. The number of anilines is 1. The van der Waals surface area contributed by atoms with Crippen LogP contribution in [0.15, 0.2) is 83.6 Å². The van der Waals surface area contributed by atoms with E-state index in [2.05, 4.69) is 20.4 Å². The summed E-state index contributed by atoms with van der Waals surface area (Å²) in [5.41, 5.74) is 2.68. The number of nitrogens with zero attached hydrogens (tertiary/aromatic N) is 5. The highest BCUT2D eigenvalue weighted by atomic mass is 16.5. The molecule has 29 heavy (non-hydrogen) atoms. The van der Waals surface area contributed by atoms with Gasteiger partial charge in [-0.25, -0.2) is 9.97 Å². The van der Waals surface area contributed by atoms with Crippen molar-refractivity contribution in [2.45, 2.75) is 6.54 Å². The van der Waals surface area contributed by atoms with Crippen LogP contribution in [-0.2, 0) is 6.54 Å². The van der Waals surface area contributed by atoms with E-state index in [0.29, 0.717) is 24.1 Å². The first-order valence-corrected chi connectivity index (χ1v) is 9.16. The normalized spacial score (nSPS) is 10.9. The Kier molecular flexibility index (Phi) is 4.38. The average Bonchev–Trinajstić information content (AvgIpc) is 3.27. The molecule has 0 saturated heterocycles. The van der Waals surface area contributed by atoms with Crippen LogP contribution in [0.1, 0.15) is 5.89 Å². The van der Waals surface area contributed by atoms with Gasteiger partial charge < -0.3 is 9.84 Å². The van der Waals surface area contributed by atoms with Crippen molar-refractivity contribution in [3.63, 3.8) is 0 Å². The fourth-order valence-electron chi connectivity index (χ4n) is 3.03. The Morgan fingerprint density at radius 2 is 1.48 bits per heavy atom. The fourth-order valence-corrected chi connectivity index (χ4v) is 3.03. The van der Waals surface area contributed by atoms with Gasteiger partial charge in [-0.3, -0.25) is 4.98 Å². The maximum atomic E-state index is 5.38. The average molecular weight is 380 g/mol. The molecule has 0 bridgehead atoms. The van der Waals surface area contributed by atoms with Crippen LogP contribution in [0.3, 0.4) is 0 Å². The highest BCUT2D eigenvalue weighted by Crippen LogP contribution is 2.25. The van der Waals surface area contributed by atoms with Crippen molar-refractivity contribution in [2.24, 2.45) is 0 Å². The highest BCUT2D eigenvalue weighted by Gasteiger charge is 2.12. The Morgan fingerprint density at radius 1 is 0.724 bits per heavy atom. The summed E-state index contributed by atoms with van der Waals surface area (Å²) in [6.45, 7) is 0.354. The Hall–Kier alpha value is -4.13. The molecule has 140 valence electrons. The van der Waals surface area contributed by atoms with Crippen LogP contribution < -0.4 is 5.32 Å². The van der Waals surface area contributed by atoms with Crippen LogP contribution in [0.2, 0.25) is 0 Å². The molecule has 0 spiro atoms. The number of benzene rings is 2. The number of rotatable bonds is 5. The number of para-hydroxylation sites is 1. The molecule has 2 aromatic carbocycles. The van der Waals surface area contributed by atoms with Crippen LogP contribution in [0.25, 0.3) is 33.7 Å². The lowest BCUT2D eigenvalue weighted by Gasteiger charge is -2.09. The summed E-state index contributed by atoms with van der Waals surface area (Å²) in [7, 11) is 0. The van der Waals surface area contributed by atoms with Gasteiger partial charge in [-0.05, 0) is 24.3 Å². The summed E-state index contributed by atoms with van der Waals surface area (Å²) in [6, 6.07) is 21.5. The molecule has 0 saturated carbocycles. The van der Waals surface area contributed by atoms with Crippen LogP contribution in [0.4, 0.5) is 5.82 Å². The van der Waals surface area contributed by atoms with E-state index in [9.17, 15) is 0 Å². The van der Waals surface area contributed by atoms with Gasteiger partial charge in [0.1, 0.15) is 5.82 Å². The first kappa shape index (κ1) is 17.0. The minimum atomic E-state index is 0.354. The zero-order chi connectivity index (χ0) is 19.5. The van der Waals surface area contributed by atoms with Gasteiger partial charge in [-0.2, -0.15) is 4.98 Å². The zero-order valence-electron chi connectivity index (χ0n) is 15.4. The van der Waals surface area contributed by atoms with E-state index in [4.69, 9.17) is 14.5 Å². The summed E-state index contributed by atoms with van der Waals surface area (Å²) in [6.07, 6.45) is 3.39. The maximum Gasteiger partial charge on any atom is 0.246 e. The van der Waals surface area contributed by atoms with Gasteiger partial charge in [0.15, 0.2) is 5.82 Å². The first-order chi connectivity index (χ1) is 14.4. The van der Waals surface area contributed by atoms with E-state index >= 15 is 0 Å². The van der Waals surface area contributed by atoms with Crippen LogP contribution in [0, 0.1) is 0 Å². The lowest BCUT2D eigenvalue weighted by atomic mass is 10.2. The van der Waals surface area contributed by atoms with Gasteiger partial charge in [-0.1, -0.05) is 47.6 Å². The number of nitrogens with one attached hydrogen (secondary N) is 1. The van der Waals surface area contributed by atoms with Gasteiger partial charge in [0.25, 0.3) is 0 Å². The fraction of sp³-hybridized carbons (Fsp3) is 0.0455. The predicted octanol–water partition coefficient (Wildman–Crippen LogP) is 4.35. The molecule has 0 fully saturated rings. The molecule has 5 rings (SSSR count). The summed E-state index contributed by atoms with van der Waals surface area (Å²) >= 11 is 0. The van der Waals surface area contributed by atoms with Crippen LogP contribution in [-0.4, -0.2) is 25.1 Å². The molecular formula is C22H16N6O. The summed E-state index contributed by atoms with van der Waals surface area (Å²) in [5, 5.41) is 8.29. The van der Waals surface area contributed by atoms with E-state index in [1.807, 2.05) is 66.7 Å². The number of aromatic nitrogens is 5. The molecule has 7 heteroatoms. The zero-order valence-corrected chi connectivity index (χ0v) is 15.4. The van der Waals surface area contributed by atoms with E-state index in [0.717, 1.165) is 27.8 Å². The van der Waals surface area contributed by atoms with Crippen molar-refractivity contribution in [1.82, 2.24) is 25.1 Å². The van der Waals surface area contributed by atoms with Gasteiger partial charge in [0.2, 0.25) is 11.7 Å². The van der Waals surface area contributed by atoms with E-state index < -0.39 is 0 Å². The molecule has 5 aromatic rings. The van der Waals surface area contributed by atoms with Crippen LogP contribution >= 0.6 is 0 Å². The third-order valence-corrected chi connectivity index (χ3v) is 4.45. The van der Waals surface area contributed by atoms with Gasteiger partial charge in [-0.15, -0.1) is 0 Å². The molecular weight excluding hydrogens is 364 g/mol. The van der Waals surface area contributed by atoms with Crippen LogP contribution in [0.5, 0.6) is 0 Å². The molecule has 7 nitrogen and oxygen atoms in total. The molecule has 0 aliphatic heterocycles. The van der Waals surface area contributed by atoms with E-state index in [1.54, 1.807) is 12.4 Å². The maximum absolute atomic E-state index is 5.38. The second-order valence-corrected chi connectivity index (χ2v) is 6.38. The number of hydrogen-bond donors (Lipinski definition) is 1. The van der Waals surface area contributed by atoms with Gasteiger partial charge in [0.05, 0.1) is 12.1 Å². The van der Waals surface area contributed by atoms with Crippen molar-refractivity contribution in [1.29, 1.82) is 0 Å². The van der Waals surface area contributed by atoms with Crippen molar-refractivity contribution < 1.29 is 4.52 Å². The Bertz CT molecular complexity index is 1250. The summed E-state index contributed by atoms with van der Waals surface area (Å²) in [4.78, 5) is 17.9. The second kappa shape index (κ2) is 7.47. The Balaban J connectivity index is 1.45. The first-order valence-electron chi connectivity index (χ1n) is 9.16. The number of fused-ring (bicyclic) bond motifs is 1. The molecule has 0 aliphatic carbocycles. The number of hydrogen-bond acceptors (Lipinski definition) is 7. The molecule has 0 radical (unpaired) electrons. The SMILES string of the molecule is c1ccc(-c2nc(NCc3nc(-c4ccncc4)no3)c3ccccc3n2)cc1. The second-order valence-electron chi connectivity index (χ2n) is 6.38. The topological polar surface area (TPSA) is 89.6 Å². The number of pyridine rings is 1. The quantitative estimate of drug-likeness (QED) is 0.485. The van der Waals surface area contributed by atoms with Gasteiger partial charge in [0, 0.05) is 28.9 Å². The minimum Gasteiger partial charge on any atom is -0.360 e. The van der Waals surface area contributed by atoms with Gasteiger partial charge >= 0.3 is 0 Å². The standard InChI is InChI=1S/C22H16N6O/c1-2-6-15(7-3-1)20-25-18-9-5-4-8-17(18)22(27-20)24-14-19-26-21(28-29-19)16-10-12-23-13-11-16/h1-13H,14H2,(H,24,25,27). The molecule has 0 aliphatic rings. The third-order valence-electron chi connectivity index (χ3n) is 4.45. The molecule has 0 atom stereocenters. The van der Waals surface area contributed by atoms with Crippen molar-refractivity contribution in [3.05, 3.63) is 85.0 Å². The Morgan fingerprint density at radius 3 is 2.34 bits per heavy atom. The summed E-state index contributed by atoms with van der Waals surface area (Å²) in [5.74, 6) is 2.38. The molecule has 0 unspecified atom stereocenters. The predicted molar refractivity (Wildman–Crippen MR) is 110 cm³/mol. The summed E-state index contributed by atoms with van der Waals surface area (Å²) < 4.78 is 5.38. The smallest absolute Gasteiger partial charge is 0.246 e. The van der Waals surface area contributed by atoms with E-state index in [1.165, 1.54) is 0 Å². The van der Waals surface area contributed by atoms with Crippen molar-refractivity contribution >= 4 is 16.7 Å². The molecule has 3 heterocycles.